The minimum atomic E-state index is -0.321. The Labute approximate surface area is 119 Å². The summed E-state index contributed by atoms with van der Waals surface area (Å²) in [4.78, 5) is 0. The van der Waals surface area contributed by atoms with Crippen molar-refractivity contribution in [2.45, 2.75) is 97.2 Å². The highest BCUT2D eigenvalue weighted by Crippen LogP contribution is 2.37. The summed E-state index contributed by atoms with van der Waals surface area (Å²) in [5, 5.41) is 18.8. The third kappa shape index (κ3) is 6.76. The number of hydrogen-bond donors (Lipinski definition) is 2. The Balaban J connectivity index is 0.000000200. The summed E-state index contributed by atoms with van der Waals surface area (Å²) in [6, 6.07) is 0. The van der Waals surface area contributed by atoms with Gasteiger partial charge >= 0.3 is 0 Å². The van der Waals surface area contributed by atoms with Crippen molar-refractivity contribution in [1.82, 2.24) is 0 Å². The van der Waals surface area contributed by atoms with Crippen LogP contribution in [0, 0.1) is 11.3 Å². The smallest absolute Gasteiger partial charge is 0.0619 e. The van der Waals surface area contributed by atoms with Crippen LogP contribution in [-0.4, -0.2) is 21.9 Å². The summed E-state index contributed by atoms with van der Waals surface area (Å²) in [5.74, 6) is 0.728. The monoisotopic (exact) mass is 270 g/mol. The average Bonchev–Trinajstić information content (AvgIpc) is 2.28. The predicted octanol–water partition coefficient (Wildman–Crippen LogP) is 4.29. The molecule has 2 heteroatoms. The van der Waals surface area contributed by atoms with Crippen molar-refractivity contribution in [1.29, 1.82) is 0 Å². The summed E-state index contributed by atoms with van der Waals surface area (Å²) in [5.41, 5.74) is 0.0691. The first-order chi connectivity index (χ1) is 8.71. The number of rotatable bonds is 0. The lowest BCUT2D eigenvalue weighted by Gasteiger charge is -2.35. The van der Waals surface area contributed by atoms with Gasteiger partial charge in [-0.15, -0.1) is 0 Å². The Bertz CT molecular complexity index is 244. The lowest BCUT2D eigenvalue weighted by Crippen LogP contribution is -2.29. The van der Waals surface area contributed by atoms with Crippen molar-refractivity contribution in [3.05, 3.63) is 0 Å². The second-order valence-corrected chi connectivity index (χ2v) is 7.94. The largest absolute Gasteiger partial charge is 0.393 e. The van der Waals surface area contributed by atoms with Crippen LogP contribution in [0.1, 0.15) is 85.5 Å². The molecule has 0 radical (unpaired) electrons. The van der Waals surface area contributed by atoms with E-state index >= 15 is 0 Å². The van der Waals surface area contributed by atoms with Gasteiger partial charge in [-0.3, -0.25) is 0 Å². The van der Waals surface area contributed by atoms with Crippen molar-refractivity contribution < 1.29 is 10.2 Å². The van der Waals surface area contributed by atoms with Crippen LogP contribution in [0.4, 0.5) is 0 Å². The van der Waals surface area contributed by atoms with Crippen LogP contribution >= 0.6 is 0 Å². The van der Waals surface area contributed by atoms with Gasteiger partial charge in [0, 0.05) is 0 Å². The molecule has 0 aromatic rings. The molecule has 2 unspecified atom stereocenters. The molecular weight excluding hydrogens is 236 g/mol. The van der Waals surface area contributed by atoms with E-state index in [0.717, 1.165) is 31.6 Å². The van der Waals surface area contributed by atoms with Gasteiger partial charge in [-0.25, -0.2) is 0 Å². The van der Waals surface area contributed by atoms with Crippen molar-refractivity contribution in [3.8, 4) is 0 Å². The van der Waals surface area contributed by atoms with E-state index in [1.165, 1.54) is 32.1 Å². The first-order valence-corrected chi connectivity index (χ1v) is 8.11. The number of aliphatic hydroxyl groups excluding tert-OH is 1. The molecule has 2 rings (SSSR count). The zero-order valence-electron chi connectivity index (χ0n) is 13.4. The van der Waals surface area contributed by atoms with Gasteiger partial charge < -0.3 is 10.2 Å². The molecule has 2 aliphatic carbocycles. The topological polar surface area (TPSA) is 40.5 Å². The van der Waals surface area contributed by atoms with Crippen LogP contribution < -0.4 is 0 Å². The van der Waals surface area contributed by atoms with E-state index in [-0.39, 0.29) is 11.7 Å². The van der Waals surface area contributed by atoms with Crippen molar-refractivity contribution in [3.63, 3.8) is 0 Å². The van der Waals surface area contributed by atoms with Crippen LogP contribution in [0.2, 0.25) is 0 Å². The maximum absolute atomic E-state index is 9.44. The zero-order valence-corrected chi connectivity index (χ0v) is 13.4. The van der Waals surface area contributed by atoms with E-state index in [0.29, 0.717) is 5.41 Å². The van der Waals surface area contributed by atoms with E-state index in [1.54, 1.807) is 0 Å². The van der Waals surface area contributed by atoms with Gasteiger partial charge in [0.1, 0.15) is 0 Å². The average molecular weight is 270 g/mol. The minimum Gasteiger partial charge on any atom is -0.393 e. The third-order valence-corrected chi connectivity index (χ3v) is 4.80. The predicted molar refractivity (Wildman–Crippen MR) is 81.1 cm³/mol. The molecule has 2 atom stereocenters. The summed E-state index contributed by atoms with van der Waals surface area (Å²) in [6.45, 7) is 8.76. The highest BCUT2D eigenvalue weighted by molar-refractivity contribution is 4.80. The molecule has 114 valence electrons. The van der Waals surface area contributed by atoms with Crippen molar-refractivity contribution >= 4 is 0 Å². The number of hydrogen-bond acceptors (Lipinski definition) is 2. The first kappa shape index (κ1) is 17.0. The lowest BCUT2D eigenvalue weighted by atomic mass is 9.72. The van der Waals surface area contributed by atoms with E-state index in [4.69, 9.17) is 0 Å². The van der Waals surface area contributed by atoms with E-state index < -0.39 is 0 Å². The molecule has 0 bridgehead atoms. The van der Waals surface area contributed by atoms with E-state index in [9.17, 15) is 10.2 Å². The molecule has 0 heterocycles. The fourth-order valence-corrected chi connectivity index (χ4v) is 3.26. The second-order valence-electron chi connectivity index (χ2n) is 7.94. The molecule has 0 spiro atoms. The normalized spacial score (nSPS) is 31.3. The van der Waals surface area contributed by atoms with Gasteiger partial charge in [-0.05, 0) is 50.4 Å². The third-order valence-electron chi connectivity index (χ3n) is 4.80. The molecule has 19 heavy (non-hydrogen) atoms. The molecule has 2 saturated carbocycles. The van der Waals surface area contributed by atoms with Gasteiger partial charge in [-0.1, -0.05) is 46.5 Å². The standard InChI is InChI=1S/C10H20O.C7H14O/c1-10(2,3)8-5-4-6-9(11)7-8;1-7(8)5-3-2-4-6-7/h8-9,11H,4-7H2,1-3H3;8H,2-6H2,1H3. The molecule has 0 aromatic heterocycles. The highest BCUT2D eigenvalue weighted by Gasteiger charge is 2.29. The molecular formula is C17H34O2. The van der Waals surface area contributed by atoms with Crippen LogP contribution in [0.25, 0.3) is 0 Å². The zero-order chi connectivity index (χ0) is 14.5. The fourth-order valence-electron chi connectivity index (χ4n) is 3.26. The summed E-state index contributed by atoms with van der Waals surface area (Å²) in [6.07, 6.45) is 10.3. The van der Waals surface area contributed by atoms with Crippen LogP contribution in [0.15, 0.2) is 0 Å². The van der Waals surface area contributed by atoms with Crippen LogP contribution in [-0.2, 0) is 0 Å². The van der Waals surface area contributed by atoms with Gasteiger partial charge in [0.2, 0.25) is 0 Å². The van der Waals surface area contributed by atoms with Gasteiger partial charge in [-0.2, -0.15) is 0 Å². The Morgan fingerprint density at radius 3 is 1.84 bits per heavy atom. The fraction of sp³-hybridized carbons (Fsp3) is 1.00. The van der Waals surface area contributed by atoms with Crippen LogP contribution in [0.3, 0.4) is 0 Å². The Morgan fingerprint density at radius 1 is 0.947 bits per heavy atom. The molecule has 2 N–H and O–H groups in total. The molecule has 2 fully saturated rings. The molecule has 2 aliphatic rings. The molecule has 0 aliphatic heterocycles. The van der Waals surface area contributed by atoms with E-state index in [2.05, 4.69) is 20.8 Å². The summed E-state index contributed by atoms with van der Waals surface area (Å²) in [7, 11) is 0. The Kier molecular flexibility index (Phi) is 6.32. The SMILES string of the molecule is CC(C)(C)C1CCCC(O)C1.CC1(O)CCCCC1. The molecule has 0 saturated heterocycles. The number of aliphatic hydroxyl groups is 2. The van der Waals surface area contributed by atoms with Gasteiger partial charge in [0.05, 0.1) is 11.7 Å². The lowest BCUT2D eigenvalue weighted by molar-refractivity contribution is 0.0225. The summed E-state index contributed by atoms with van der Waals surface area (Å²) < 4.78 is 0. The maximum atomic E-state index is 9.44. The Morgan fingerprint density at radius 2 is 1.53 bits per heavy atom. The quantitative estimate of drug-likeness (QED) is 0.689. The molecule has 2 nitrogen and oxygen atoms in total. The van der Waals surface area contributed by atoms with Crippen molar-refractivity contribution in [2.24, 2.45) is 11.3 Å². The van der Waals surface area contributed by atoms with E-state index in [1.807, 2.05) is 6.92 Å². The minimum absolute atomic E-state index is 0.0204. The molecule has 0 amide bonds. The second kappa shape index (κ2) is 7.08. The highest BCUT2D eigenvalue weighted by atomic mass is 16.3. The van der Waals surface area contributed by atoms with Gasteiger partial charge in [0.15, 0.2) is 0 Å². The summed E-state index contributed by atoms with van der Waals surface area (Å²) >= 11 is 0. The molecule has 0 aromatic carbocycles. The van der Waals surface area contributed by atoms with Crippen LogP contribution in [0.5, 0.6) is 0 Å². The Hall–Kier alpha value is -0.0800. The first-order valence-electron chi connectivity index (χ1n) is 8.11. The van der Waals surface area contributed by atoms with Crippen molar-refractivity contribution in [2.75, 3.05) is 0 Å². The van der Waals surface area contributed by atoms with Gasteiger partial charge in [0.25, 0.3) is 0 Å². The maximum Gasteiger partial charge on any atom is 0.0619 e.